The van der Waals surface area contributed by atoms with E-state index in [1.54, 1.807) is 0 Å². The Bertz CT molecular complexity index is 770. The molecule has 0 saturated heterocycles. The fourth-order valence-corrected chi connectivity index (χ4v) is 2.96. The second-order valence-corrected chi connectivity index (χ2v) is 5.80. The fraction of sp³-hybridized carbons (Fsp3) is 0.357. The smallest absolute Gasteiger partial charge is 0.384 e. The van der Waals surface area contributed by atoms with Crippen molar-refractivity contribution in [3.05, 3.63) is 40.3 Å². The molecule has 0 fully saturated rings. The molecule has 3 atom stereocenters. The van der Waals surface area contributed by atoms with Gasteiger partial charge in [0.2, 0.25) is 0 Å². The molecule has 1 aliphatic carbocycles. The van der Waals surface area contributed by atoms with E-state index in [1.165, 1.54) is 0 Å². The van der Waals surface area contributed by atoms with Crippen molar-refractivity contribution in [2.75, 3.05) is 0 Å². The Balaban J connectivity index is 2.27. The lowest BCUT2D eigenvalue weighted by Gasteiger charge is -2.27. The van der Waals surface area contributed by atoms with Crippen molar-refractivity contribution in [1.29, 1.82) is 0 Å². The summed E-state index contributed by atoms with van der Waals surface area (Å²) in [5, 5.41) is 12.9. The molecule has 0 radical (unpaired) electrons. The zero-order chi connectivity index (χ0) is 17.8. The summed E-state index contributed by atoms with van der Waals surface area (Å²) < 4.78 is 79.7. The number of aliphatic hydroxyl groups is 1. The summed E-state index contributed by atoms with van der Waals surface area (Å²) in [7, 11) is 0. The average Bonchev–Trinajstić information content (AvgIpc) is 2.83. The fourth-order valence-electron chi connectivity index (χ4n) is 2.74. The number of benzene rings is 1. The van der Waals surface area contributed by atoms with Gasteiger partial charge in [0, 0.05) is 22.6 Å². The highest BCUT2D eigenvalue weighted by Crippen LogP contribution is 2.42. The largest absolute Gasteiger partial charge is 0.504 e. The van der Waals surface area contributed by atoms with Gasteiger partial charge in [-0.2, -0.15) is 9.78 Å². The molecule has 24 heavy (non-hydrogen) atoms. The van der Waals surface area contributed by atoms with Crippen molar-refractivity contribution < 1.29 is 31.4 Å². The predicted octanol–water partition coefficient (Wildman–Crippen LogP) is 4.08. The topological polar surface area (TPSA) is 38.1 Å². The normalized spacial score (nSPS) is 24.1. The van der Waals surface area contributed by atoms with Crippen molar-refractivity contribution >= 4 is 11.6 Å². The van der Waals surface area contributed by atoms with Crippen LogP contribution in [-0.2, 0) is 12.7 Å². The van der Waals surface area contributed by atoms with E-state index in [4.69, 9.17) is 11.6 Å². The van der Waals surface area contributed by atoms with Crippen molar-refractivity contribution in [3.8, 4) is 11.3 Å². The van der Waals surface area contributed by atoms with Gasteiger partial charge in [-0.05, 0) is 18.2 Å². The second-order valence-electron chi connectivity index (χ2n) is 5.36. The van der Waals surface area contributed by atoms with Gasteiger partial charge in [-0.3, -0.25) is 0 Å². The Kier molecular flexibility index (Phi) is 4.03. The first-order valence-electron chi connectivity index (χ1n) is 6.71. The second kappa shape index (κ2) is 5.66. The standard InChI is InChI=1S/C14H9ClF6N2O/c15-6-1-5(2-7(16)3-6)11-8-4-9(17)10(18)13(24)12(8)23(22-11)14(19,20)21/h1-3,9-10,13,24H,4H2. The maximum atomic E-state index is 13.7. The summed E-state index contributed by atoms with van der Waals surface area (Å²) in [6.07, 6.45) is -12.9. The summed E-state index contributed by atoms with van der Waals surface area (Å²) in [4.78, 5) is 0. The Labute approximate surface area is 136 Å². The molecule has 3 rings (SSSR count). The maximum absolute atomic E-state index is 13.7. The van der Waals surface area contributed by atoms with Crippen molar-refractivity contribution in [1.82, 2.24) is 9.78 Å². The monoisotopic (exact) mass is 370 g/mol. The molecule has 0 saturated carbocycles. The van der Waals surface area contributed by atoms with Gasteiger partial charge in [0.05, 0.1) is 11.4 Å². The van der Waals surface area contributed by atoms with E-state index in [-0.39, 0.29) is 16.1 Å². The molecule has 3 nitrogen and oxygen atoms in total. The Morgan fingerprint density at radius 3 is 2.46 bits per heavy atom. The highest BCUT2D eigenvalue weighted by Gasteiger charge is 2.46. The number of halogens is 7. The Morgan fingerprint density at radius 2 is 1.88 bits per heavy atom. The molecule has 3 unspecified atom stereocenters. The van der Waals surface area contributed by atoms with Gasteiger partial charge >= 0.3 is 6.30 Å². The molecule has 0 bridgehead atoms. The van der Waals surface area contributed by atoms with Crippen LogP contribution in [0.1, 0.15) is 17.4 Å². The van der Waals surface area contributed by atoms with Gasteiger partial charge < -0.3 is 5.11 Å². The van der Waals surface area contributed by atoms with Crippen LogP contribution in [0.2, 0.25) is 5.02 Å². The summed E-state index contributed by atoms with van der Waals surface area (Å²) in [6.45, 7) is 0. The van der Waals surface area contributed by atoms with Gasteiger partial charge in [0.15, 0.2) is 6.17 Å². The van der Waals surface area contributed by atoms with E-state index >= 15 is 0 Å². The van der Waals surface area contributed by atoms with Crippen LogP contribution in [0.15, 0.2) is 18.2 Å². The van der Waals surface area contributed by atoms with Crippen LogP contribution >= 0.6 is 11.6 Å². The summed E-state index contributed by atoms with van der Waals surface area (Å²) in [6, 6.07) is 2.95. The molecular formula is C14H9ClF6N2O. The van der Waals surface area contributed by atoms with E-state index in [9.17, 15) is 31.4 Å². The molecule has 2 aromatic rings. The molecule has 10 heteroatoms. The molecule has 0 amide bonds. The SMILES string of the molecule is OC1c2c(c(-c3cc(F)cc(Cl)c3)nn2C(F)(F)F)CC(F)C1F. The molecule has 1 aliphatic rings. The van der Waals surface area contributed by atoms with Crippen LogP contribution < -0.4 is 0 Å². The number of hydrogen-bond acceptors (Lipinski definition) is 2. The number of nitrogens with zero attached hydrogens (tertiary/aromatic N) is 2. The van der Waals surface area contributed by atoms with E-state index < -0.39 is 53.1 Å². The molecule has 0 spiro atoms. The van der Waals surface area contributed by atoms with Gasteiger partial charge in [-0.15, -0.1) is 13.2 Å². The predicted molar refractivity (Wildman–Crippen MR) is 72.4 cm³/mol. The summed E-state index contributed by atoms with van der Waals surface area (Å²) in [5.74, 6) is -0.829. The number of rotatable bonds is 1. The van der Waals surface area contributed by atoms with E-state index in [2.05, 4.69) is 5.10 Å². The van der Waals surface area contributed by atoms with Crippen LogP contribution in [0.4, 0.5) is 26.3 Å². The molecule has 1 aromatic carbocycles. The van der Waals surface area contributed by atoms with Gasteiger partial charge in [-0.1, -0.05) is 11.6 Å². The quantitative estimate of drug-likeness (QED) is 0.768. The summed E-state index contributed by atoms with van der Waals surface area (Å²) in [5.41, 5.74) is -1.75. The van der Waals surface area contributed by atoms with Gasteiger partial charge in [0.25, 0.3) is 0 Å². The minimum atomic E-state index is -5.07. The van der Waals surface area contributed by atoms with Crippen LogP contribution in [0.3, 0.4) is 0 Å². The lowest BCUT2D eigenvalue weighted by Crippen LogP contribution is -2.35. The molecular weight excluding hydrogens is 362 g/mol. The lowest BCUT2D eigenvalue weighted by molar-refractivity contribution is -0.216. The van der Waals surface area contributed by atoms with E-state index in [0.29, 0.717) is 0 Å². The number of alkyl halides is 5. The Hall–Kier alpha value is -1.74. The van der Waals surface area contributed by atoms with Gasteiger partial charge in [0.1, 0.15) is 18.1 Å². The highest BCUT2D eigenvalue weighted by molar-refractivity contribution is 6.30. The minimum absolute atomic E-state index is 0.100. The van der Waals surface area contributed by atoms with Crippen LogP contribution in [0.5, 0.6) is 0 Å². The first-order valence-corrected chi connectivity index (χ1v) is 7.09. The van der Waals surface area contributed by atoms with Crippen molar-refractivity contribution in [3.63, 3.8) is 0 Å². The average molecular weight is 371 g/mol. The maximum Gasteiger partial charge on any atom is 0.504 e. The number of aliphatic hydroxyl groups excluding tert-OH is 1. The van der Waals surface area contributed by atoms with Crippen LogP contribution in [-0.4, -0.2) is 27.2 Å². The number of hydrogen-bond donors (Lipinski definition) is 1. The third-order valence-corrected chi connectivity index (χ3v) is 3.94. The molecule has 1 heterocycles. The zero-order valence-corrected chi connectivity index (χ0v) is 12.4. The van der Waals surface area contributed by atoms with Crippen LogP contribution in [0, 0.1) is 5.82 Å². The van der Waals surface area contributed by atoms with Gasteiger partial charge in [-0.25, -0.2) is 13.2 Å². The van der Waals surface area contributed by atoms with Crippen LogP contribution in [0.25, 0.3) is 11.3 Å². The first-order chi connectivity index (χ1) is 11.1. The molecule has 1 aromatic heterocycles. The van der Waals surface area contributed by atoms with E-state index in [0.717, 1.165) is 18.2 Å². The number of aromatic nitrogens is 2. The number of fused-ring (bicyclic) bond motifs is 1. The van der Waals surface area contributed by atoms with Crippen molar-refractivity contribution in [2.24, 2.45) is 0 Å². The van der Waals surface area contributed by atoms with E-state index in [1.807, 2.05) is 0 Å². The first kappa shape index (κ1) is 17.1. The molecule has 130 valence electrons. The molecule has 0 aliphatic heterocycles. The third kappa shape index (κ3) is 2.75. The summed E-state index contributed by atoms with van der Waals surface area (Å²) >= 11 is 5.68. The molecule has 1 N–H and O–H groups in total. The highest BCUT2D eigenvalue weighted by atomic mass is 35.5. The van der Waals surface area contributed by atoms with Crippen molar-refractivity contribution in [2.45, 2.75) is 31.2 Å². The zero-order valence-electron chi connectivity index (χ0n) is 11.7. The minimum Gasteiger partial charge on any atom is -0.384 e. The third-order valence-electron chi connectivity index (χ3n) is 3.73. The lowest BCUT2D eigenvalue weighted by atomic mass is 9.89. The Morgan fingerprint density at radius 1 is 1.21 bits per heavy atom.